The topological polar surface area (TPSA) is 80.3 Å². The van der Waals surface area contributed by atoms with Gasteiger partial charge >= 0.3 is 0 Å². The van der Waals surface area contributed by atoms with E-state index >= 15 is 0 Å². The lowest BCUT2D eigenvalue weighted by Gasteiger charge is -2.12. The molecule has 0 aliphatic heterocycles. The van der Waals surface area contributed by atoms with Gasteiger partial charge in [-0.25, -0.2) is 4.98 Å². The quantitative estimate of drug-likeness (QED) is 0.689. The summed E-state index contributed by atoms with van der Waals surface area (Å²) in [6.07, 6.45) is 0. The first-order valence-corrected chi connectivity index (χ1v) is 9.09. The van der Waals surface area contributed by atoms with Crippen LogP contribution in [0.4, 0.5) is 11.4 Å². The van der Waals surface area contributed by atoms with Crippen LogP contribution < -0.4 is 15.4 Å². The number of aryl methyl sites for hydroxylation is 1. The number of methoxy groups -OCH3 is 1. The van der Waals surface area contributed by atoms with Crippen molar-refractivity contribution in [3.63, 3.8) is 0 Å². The zero-order valence-corrected chi connectivity index (χ0v) is 16.0. The fourth-order valence-electron chi connectivity index (χ4n) is 2.58. The average Bonchev–Trinajstić information content (AvgIpc) is 3.04. The van der Waals surface area contributed by atoms with Gasteiger partial charge in [-0.1, -0.05) is 30.3 Å². The number of carbonyl (C=O) groups excluding carboxylic acids is 2. The molecule has 7 heteroatoms. The molecule has 6 nitrogen and oxygen atoms in total. The van der Waals surface area contributed by atoms with Gasteiger partial charge in [-0.3, -0.25) is 9.59 Å². The summed E-state index contributed by atoms with van der Waals surface area (Å²) in [6, 6.07) is 14.8. The molecule has 27 heavy (non-hydrogen) atoms. The van der Waals surface area contributed by atoms with E-state index < -0.39 is 0 Å². The Morgan fingerprint density at radius 3 is 2.48 bits per heavy atom. The molecule has 0 fully saturated rings. The second kappa shape index (κ2) is 8.01. The number of nitrogens with one attached hydrogen (secondary N) is 2. The maximum absolute atomic E-state index is 12.8. The summed E-state index contributed by atoms with van der Waals surface area (Å²) in [4.78, 5) is 29.1. The van der Waals surface area contributed by atoms with Crippen LogP contribution in [-0.4, -0.2) is 23.9 Å². The summed E-state index contributed by atoms with van der Waals surface area (Å²) in [5.41, 5.74) is 2.68. The molecule has 0 spiro atoms. The maximum atomic E-state index is 12.8. The molecular formula is C20H19N3O3S. The van der Waals surface area contributed by atoms with E-state index in [4.69, 9.17) is 4.74 Å². The molecule has 2 N–H and O–H groups in total. The highest BCUT2D eigenvalue weighted by Crippen LogP contribution is 2.31. The third-order valence-corrected chi connectivity index (χ3v) is 5.00. The van der Waals surface area contributed by atoms with Crippen molar-refractivity contribution in [3.8, 4) is 16.3 Å². The molecular weight excluding hydrogens is 362 g/mol. The normalized spacial score (nSPS) is 10.3. The Morgan fingerprint density at radius 1 is 1.07 bits per heavy atom. The van der Waals surface area contributed by atoms with Gasteiger partial charge in [0.25, 0.3) is 5.91 Å². The minimum Gasteiger partial charge on any atom is -0.495 e. The molecule has 3 aromatic rings. The predicted molar refractivity (Wildman–Crippen MR) is 108 cm³/mol. The van der Waals surface area contributed by atoms with Crippen LogP contribution in [0.25, 0.3) is 10.6 Å². The molecule has 0 saturated carbocycles. The van der Waals surface area contributed by atoms with E-state index in [1.165, 1.54) is 25.4 Å². The van der Waals surface area contributed by atoms with Crippen molar-refractivity contribution in [2.75, 3.05) is 17.7 Å². The molecule has 2 amide bonds. The number of hydrogen-bond acceptors (Lipinski definition) is 5. The highest BCUT2D eigenvalue weighted by atomic mass is 32.1. The lowest BCUT2D eigenvalue weighted by molar-refractivity contribution is -0.114. The molecule has 0 unspecified atom stereocenters. The van der Waals surface area contributed by atoms with E-state index in [0.29, 0.717) is 27.7 Å². The van der Waals surface area contributed by atoms with Gasteiger partial charge in [0.15, 0.2) is 0 Å². The standard InChI is InChI=1S/C20H19N3O3S/c1-12-18(27-20(21-12)14-7-5-4-6-8-14)19(25)23-16-11-15(22-13(2)24)9-10-17(16)26-3/h4-11H,1-3H3,(H,22,24)(H,23,25). The molecule has 3 rings (SSSR count). The van der Waals surface area contributed by atoms with Crippen molar-refractivity contribution < 1.29 is 14.3 Å². The van der Waals surface area contributed by atoms with Gasteiger partial charge in [0.1, 0.15) is 15.6 Å². The summed E-state index contributed by atoms with van der Waals surface area (Å²) in [6.45, 7) is 3.23. The molecule has 1 aromatic heterocycles. The first-order valence-electron chi connectivity index (χ1n) is 8.27. The van der Waals surface area contributed by atoms with Gasteiger partial charge in [0, 0.05) is 18.2 Å². The molecule has 0 atom stereocenters. The van der Waals surface area contributed by atoms with Crippen LogP contribution in [0.1, 0.15) is 22.3 Å². The number of nitrogens with zero attached hydrogens (tertiary/aromatic N) is 1. The zero-order valence-electron chi connectivity index (χ0n) is 15.2. The van der Waals surface area contributed by atoms with E-state index in [1.54, 1.807) is 18.2 Å². The van der Waals surface area contributed by atoms with E-state index in [9.17, 15) is 9.59 Å². The first kappa shape index (κ1) is 18.6. The second-order valence-electron chi connectivity index (χ2n) is 5.85. The number of hydrogen-bond donors (Lipinski definition) is 2. The van der Waals surface area contributed by atoms with E-state index in [2.05, 4.69) is 15.6 Å². The summed E-state index contributed by atoms with van der Waals surface area (Å²) in [5.74, 6) is 0.0385. The number of ether oxygens (including phenoxy) is 1. The van der Waals surface area contributed by atoms with Gasteiger partial charge in [-0.05, 0) is 25.1 Å². The van der Waals surface area contributed by atoms with Crippen LogP contribution in [0.5, 0.6) is 5.75 Å². The van der Waals surface area contributed by atoms with Crippen molar-refractivity contribution in [2.24, 2.45) is 0 Å². The lowest BCUT2D eigenvalue weighted by Crippen LogP contribution is -2.13. The fourth-order valence-corrected chi connectivity index (χ4v) is 3.54. The summed E-state index contributed by atoms with van der Waals surface area (Å²) in [7, 11) is 1.52. The third kappa shape index (κ3) is 4.32. The third-order valence-electron chi connectivity index (χ3n) is 3.79. The number of rotatable bonds is 5. The van der Waals surface area contributed by atoms with Crippen molar-refractivity contribution in [1.29, 1.82) is 0 Å². The fraction of sp³-hybridized carbons (Fsp3) is 0.150. The van der Waals surface area contributed by atoms with E-state index in [0.717, 1.165) is 10.6 Å². The minimum atomic E-state index is -0.273. The van der Waals surface area contributed by atoms with Crippen LogP contribution in [0.15, 0.2) is 48.5 Å². The Labute approximate surface area is 161 Å². The molecule has 1 heterocycles. The van der Waals surface area contributed by atoms with Crippen LogP contribution in [0, 0.1) is 6.92 Å². The van der Waals surface area contributed by atoms with E-state index in [1.807, 2.05) is 37.3 Å². The van der Waals surface area contributed by atoms with Crippen LogP contribution in [0.3, 0.4) is 0 Å². The lowest BCUT2D eigenvalue weighted by atomic mass is 10.2. The van der Waals surface area contributed by atoms with Crippen molar-refractivity contribution in [1.82, 2.24) is 4.98 Å². The highest BCUT2D eigenvalue weighted by Gasteiger charge is 2.18. The summed E-state index contributed by atoms with van der Waals surface area (Å²) >= 11 is 1.33. The van der Waals surface area contributed by atoms with Gasteiger partial charge in [-0.2, -0.15) is 0 Å². The Hall–Kier alpha value is -3.19. The number of amides is 2. The molecule has 0 saturated heterocycles. The molecule has 0 bridgehead atoms. The van der Waals surface area contributed by atoms with Gasteiger partial charge in [0.05, 0.1) is 18.5 Å². The zero-order chi connectivity index (χ0) is 19.4. The van der Waals surface area contributed by atoms with Gasteiger partial charge in [0.2, 0.25) is 5.91 Å². The molecule has 2 aromatic carbocycles. The average molecular weight is 381 g/mol. The number of anilines is 2. The number of thiazole rings is 1. The molecule has 0 aliphatic carbocycles. The SMILES string of the molecule is COc1ccc(NC(C)=O)cc1NC(=O)c1sc(-c2ccccc2)nc1C. The number of carbonyl (C=O) groups is 2. The number of aromatic nitrogens is 1. The Kier molecular flexibility index (Phi) is 5.52. The van der Waals surface area contributed by atoms with Crippen LogP contribution in [-0.2, 0) is 4.79 Å². The minimum absolute atomic E-state index is 0.191. The van der Waals surface area contributed by atoms with Crippen LogP contribution >= 0.6 is 11.3 Å². The Morgan fingerprint density at radius 2 is 1.81 bits per heavy atom. The van der Waals surface area contributed by atoms with Crippen LogP contribution in [0.2, 0.25) is 0 Å². The van der Waals surface area contributed by atoms with Gasteiger partial charge in [-0.15, -0.1) is 11.3 Å². The van der Waals surface area contributed by atoms with Crippen molar-refractivity contribution in [2.45, 2.75) is 13.8 Å². The maximum Gasteiger partial charge on any atom is 0.267 e. The highest BCUT2D eigenvalue weighted by molar-refractivity contribution is 7.17. The Bertz CT molecular complexity index is 983. The summed E-state index contributed by atoms with van der Waals surface area (Å²) in [5, 5.41) is 6.33. The van der Waals surface area contributed by atoms with E-state index in [-0.39, 0.29) is 11.8 Å². The van der Waals surface area contributed by atoms with Crippen molar-refractivity contribution in [3.05, 3.63) is 59.1 Å². The largest absolute Gasteiger partial charge is 0.495 e. The molecule has 0 aliphatic rings. The Balaban J connectivity index is 1.87. The monoisotopic (exact) mass is 381 g/mol. The van der Waals surface area contributed by atoms with Crippen molar-refractivity contribution >= 4 is 34.5 Å². The first-order chi connectivity index (χ1) is 13.0. The predicted octanol–water partition coefficient (Wildman–Crippen LogP) is 4.34. The smallest absolute Gasteiger partial charge is 0.267 e. The molecule has 138 valence electrons. The molecule has 0 radical (unpaired) electrons. The van der Waals surface area contributed by atoms with Gasteiger partial charge < -0.3 is 15.4 Å². The summed E-state index contributed by atoms with van der Waals surface area (Å²) < 4.78 is 5.31. The number of benzene rings is 2. The second-order valence-corrected chi connectivity index (χ2v) is 6.85.